The highest BCUT2D eigenvalue weighted by atomic mass is 16.5. The van der Waals surface area contributed by atoms with E-state index in [-0.39, 0.29) is 18.0 Å². The summed E-state index contributed by atoms with van der Waals surface area (Å²) in [6.07, 6.45) is 0.934. The lowest BCUT2D eigenvalue weighted by Crippen LogP contribution is -2.48. The van der Waals surface area contributed by atoms with Crippen LogP contribution in [0.1, 0.15) is 52.5 Å². The molecule has 0 spiro atoms. The molecule has 0 saturated heterocycles. The topological polar surface area (TPSA) is 66.0 Å². The van der Waals surface area contributed by atoms with Crippen molar-refractivity contribution in [2.75, 3.05) is 33.8 Å². The average molecular weight is 377 g/mol. The van der Waals surface area contributed by atoms with E-state index < -0.39 is 0 Å². The van der Waals surface area contributed by atoms with Crippen LogP contribution >= 0.6 is 0 Å². The van der Waals surface area contributed by atoms with Crippen LogP contribution in [-0.4, -0.2) is 56.1 Å². The Morgan fingerprint density at radius 3 is 2.41 bits per heavy atom. The van der Waals surface area contributed by atoms with Crippen LogP contribution in [0.2, 0.25) is 0 Å². The molecular formula is C21H36N4O2. The number of benzene rings is 1. The molecule has 27 heavy (non-hydrogen) atoms. The van der Waals surface area contributed by atoms with Crippen molar-refractivity contribution in [3.8, 4) is 5.75 Å². The van der Waals surface area contributed by atoms with Crippen LogP contribution in [0, 0.1) is 0 Å². The molecule has 0 bridgehead atoms. The lowest BCUT2D eigenvalue weighted by atomic mass is 9.98. The first-order valence-electron chi connectivity index (χ1n) is 9.60. The molecule has 0 heterocycles. The zero-order valence-electron chi connectivity index (χ0n) is 17.9. The molecule has 0 fully saturated rings. The number of nitrogens with zero attached hydrogens (tertiary/aromatic N) is 2. The molecule has 0 aliphatic rings. The summed E-state index contributed by atoms with van der Waals surface area (Å²) in [5.41, 5.74) is 1.04. The van der Waals surface area contributed by atoms with Gasteiger partial charge in [-0.2, -0.15) is 0 Å². The molecule has 1 aromatic carbocycles. The van der Waals surface area contributed by atoms with Crippen LogP contribution in [0.3, 0.4) is 0 Å². The molecule has 0 saturated carbocycles. The van der Waals surface area contributed by atoms with Crippen LogP contribution in [0.25, 0.3) is 0 Å². The second-order valence-electron chi connectivity index (χ2n) is 7.85. The Balaban J connectivity index is 2.62. The van der Waals surface area contributed by atoms with Crippen molar-refractivity contribution in [3.05, 3.63) is 29.8 Å². The monoisotopic (exact) mass is 376 g/mol. The molecule has 1 atom stereocenters. The molecule has 152 valence electrons. The maximum absolute atomic E-state index is 12.2. The minimum Gasteiger partial charge on any atom is -0.497 e. The third kappa shape index (κ3) is 8.80. The first kappa shape index (κ1) is 22.8. The van der Waals surface area contributed by atoms with Gasteiger partial charge in [-0.05, 0) is 57.7 Å². The summed E-state index contributed by atoms with van der Waals surface area (Å²) in [5, 5.41) is 6.24. The molecule has 0 aliphatic heterocycles. The largest absolute Gasteiger partial charge is 0.497 e. The first-order valence-corrected chi connectivity index (χ1v) is 9.60. The zero-order chi connectivity index (χ0) is 20.4. The Kier molecular flexibility index (Phi) is 9.12. The van der Waals surface area contributed by atoms with Gasteiger partial charge < -0.3 is 20.3 Å². The van der Waals surface area contributed by atoms with Gasteiger partial charge in [-0.15, -0.1) is 0 Å². The quantitative estimate of drug-likeness (QED) is 0.541. The molecule has 1 unspecified atom stereocenters. The third-order valence-corrected chi connectivity index (χ3v) is 4.10. The van der Waals surface area contributed by atoms with Gasteiger partial charge in [0.05, 0.1) is 13.7 Å². The minimum atomic E-state index is -0.235. The van der Waals surface area contributed by atoms with E-state index in [9.17, 15) is 4.79 Å². The van der Waals surface area contributed by atoms with E-state index in [2.05, 4.69) is 34.7 Å². The van der Waals surface area contributed by atoms with Crippen LogP contribution in [0.5, 0.6) is 5.75 Å². The normalized spacial score (nSPS) is 13.1. The second kappa shape index (κ2) is 10.8. The number of methoxy groups -OCH3 is 1. The maximum Gasteiger partial charge on any atom is 0.240 e. The van der Waals surface area contributed by atoms with Crippen LogP contribution in [0.15, 0.2) is 29.3 Å². The Hall–Kier alpha value is -2.24. The predicted molar refractivity (Wildman–Crippen MR) is 113 cm³/mol. The number of hydrogen-bond acceptors (Lipinski definition) is 3. The minimum absolute atomic E-state index is 0.0118. The molecule has 2 N–H and O–H groups in total. The molecule has 6 heteroatoms. The number of carbonyl (C=O) groups is 1. The Morgan fingerprint density at radius 1 is 1.26 bits per heavy atom. The van der Waals surface area contributed by atoms with Crippen molar-refractivity contribution in [2.45, 2.75) is 52.5 Å². The summed E-state index contributed by atoms with van der Waals surface area (Å²) in [6, 6.07) is 8.17. The first-order chi connectivity index (χ1) is 12.7. The van der Waals surface area contributed by atoms with Crippen molar-refractivity contribution in [3.63, 3.8) is 0 Å². The zero-order valence-corrected chi connectivity index (χ0v) is 17.9. The molecule has 1 rings (SSSR count). The lowest BCUT2D eigenvalue weighted by molar-refractivity contribution is -0.122. The van der Waals surface area contributed by atoms with E-state index in [0.29, 0.717) is 12.5 Å². The molecule has 0 aliphatic carbocycles. The Morgan fingerprint density at radius 2 is 1.89 bits per heavy atom. The molecule has 1 amide bonds. The van der Waals surface area contributed by atoms with E-state index in [4.69, 9.17) is 4.74 Å². The number of ether oxygens (including phenoxy) is 1. The number of likely N-dealkylation sites (N-methyl/N-ethyl adjacent to an activating group) is 1. The van der Waals surface area contributed by atoms with Crippen molar-refractivity contribution in [2.24, 2.45) is 4.99 Å². The van der Waals surface area contributed by atoms with Gasteiger partial charge in [-0.25, -0.2) is 0 Å². The number of aliphatic imine (C=N–C) groups is 1. The molecule has 6 nitrogen and oxygen atoms in total. The summed E-state index contributed by atoms with van der Waals surface area (Å²) in [6.45, 7) is 11.9. The van der Waals surface area contributed by atoms with Crippen LogP contribution in [-0.2, 0) is 4.79 Å². The molecule has 0 radical (unpaired) electrons. The summed E-state index contributed by atoms with van der Waals surface area (Å²) >= 11 is 0. The number of amides is 1. The SMILES string of the molecule is CCNC(=NCCC(C)c1ccc(OC)cc1)N(C)CC(=O)NC(C)(C)C. The van der Waals surface area contributed by atoms with E-state index in [1.54, 1.807) is 7.11 Å². The highest BCUT2D eigenvalue weighted by Gasteiger charge is 2.16. The van der Waals surface area contributed by atoms with Crippen molar-refractivity contribution in [1.29, 1.82) is 0 Å². The van der Waals surface area contributed by atoms with Gasteiger partial charge in [0.15, 0.2) is 5.96 Å². The molecular weight excluding hydrogens is 340 g/mol. The Bertz CT molecular complexity index is 606. The van der Waals surface area contributed by atoms with E-state index in [1.807, 2.05) is 51.8 Å². The highest BCUT2D eigenvalue weighted by molar-refractivity contribution is 5.86. The highest BCUT2D eigenvalue weighted by Crippen LogP contribution is 2.21. The number of guanidine groups is 1. The van der Waals surface area contributed by atoms with E-state index >= 15 is 0 Å². The van der Waals surface area contributed by atoms with Gasteiger partial charge >= 0.3 is 0 Å². The summed E-state index contributed by atoms with van der Waals surface area (Å²) < 4.78 is 5.21. The van der Waals surface area contributed by atoms with Gasteiger partial charge in [-0.1, -0.05) is 19.1 Å². The Labute approximate surface area is 164 Å². The summed E-state index contributed by atoms with van der Waals surface area (Å²) in [4.78, 5) is 18.7. The molecule has 1 aromatic rings. The van der Waals surface area contributed by atoms with E-state index in [0.717, 1.165) is 24.7 Å². The number of carbonyl (C=O) groups excluding carboxylic acids is 1. The predicted octanol–water partition coefficient (Wildman–Crippen LogP) is 3.00. The van der Waals surface area contributed by atoms with Crippen molar-refractivity contribution < 1.29 is 9.53 Å². The average Bonchev–Trinajstić information content (AvgIpc) is 2.59. The number of hydrogen-bond donors (Lipinski definition) is 2. The van der Waals surface area contributed by atoms with Gasteiger partial charge in [0.25, 0.3) is 0 Å². The van der Waals surface area contributed by atoms with Crippen LogP contribution < -0.4 is 15.4 Å². The number of rotatable bonds is 8. The van der Waals surface area contributed by atoms with Gasteiger partial charge in [-0.3, -0.25) is 9.79 Å². The summed E-state index contributed by atoms with van der Waals surface area (Å²) in [5.74, 6) is 2.01. The third-order valence-electron chi connectivity index (χ3n) is 4.10. The van der Waals surface area contributed by atoms with Crippen molar-refractivity contribution in [1.82, 2.24) is 15.5 Å². The number of nitrogens with one attached hydrogen (secondary N) is 2. The maximum atomic E-state index is 12.2. The van der Waals surface area contributed by atoms with E-state index in [1.165, 1.54) is 5.56 Å². The fourth-order valence-corrected chi connectivity index (χ4v) is 2.68. The lowest BCUT2D eigenvalue weighted by Gasteiger charge is -2.25. The molecule has 0 aromatic heterocycles. The van der Waals surface area contributed by atoms with Gasteiger partial charge in [0.1, 0.15) is 5.75 Å². The fraction of sp³-hybridized carbons (Fsp3) is 0.619. The van der Waals surface area contributed by atoms with Gasteiger partial charge in [0, 0.05) is 25.7 Å². The second-order valence-corrected chi connectivity index (χ2v) is 7.85. The van der Waals surface area contributed by atoms with Crippen molar-refractivity contribution >= 4 is 11.9 Å². The smallest absolute Gasteiger partial charge is 0.240 e. The summed E-state index contributed by atoms with van der Waals surface area (Å²) in [7, 11) is 3.56. The van der Waals surface area contributed by atoms with Crippen LogP contribution in [0.4, 0.5) is 0 Å². The fourth-order valence-electron chi connectivity index (χ4n) is 2.68. The standard InChI is InChI=1S/C21H36N4O2/c1-8-22-20(25(6)15-19(26)24-21(3,4)5)23-14-13-16(2)17-9-11-18(27-7)12-10-17/h9-12,16H,8,13-15H2,1-7H3,(H,22,23)(H,24,26). The van der Waals surface area contributed by atoms with Gasteiger partial charge in [0.2, 0.25) is 5.91 Å².